The summed E-state index contributed by atoms with van der Waals surface area (Å²) >= 11 is 0. The summed E-state index contributed by atoms with van der Waals surface area (Å²) in [7, 11) is 0. The number of carbonyl (C=O) groups excluding carboxylic acids is 1. The van der Waals surface area contributed by atoms with Crippen LogP contribution in [-0.4, -0.2) is 11.0 Å². The van der Waals surface area contributed by atoms with E-state index in [-0.39, 0.29) is 5.69 Å². The summed E-state index contributed by atoms with van der Waals surface area (Å²) in [5, 5.41) is 14.9. The van der Waals surface area contributed by atoms with Crippen molar-refractivity contribution in [3.63, 3.8) is 0 Å². The third-order valence-electron chi connectivity index (χ3n) is 3.88. The first kappa shape index (κ1) is 15.2. The molecule has 1 atom stereocenters. The minimum atomic E-state index is -1.79. The largest absolute Gasteiger partial charge is 0.375 e. The molecule has 23 heavy (non-hydrogen) atoms. The van der Waals surface area contributed by atoms with E-state index in [0.29, 0.717) is 5.56 Å². The van der Waals surface area contributed by atoms with Crippen molar-refractivity contribution in [2.24, 2.45) is 0 Å². The molecular formula is C19H16FNO2. The Balaban J connectivity index is 2.00. The monoisotopic (exact) mass is 309 g/mol. The molecule has 3 rings (SSSR count). The van der Waals surface area contributed by atoms with Crippen molar-refractivity contribution >= 4 is 22.4 Å². The van der Waals surface area contributed by atoms with Gasteiger partial charge in [0.25, 0.3) is 5.91 Å². The lowest BCUT2D eigenvalue weighted by Crippen LogP contribution is -2.37. The van der Waals surface area contributed by atoms with E-state index in [2.05, 4.69) is 5.32 Å². The van der Waals surface area contributed by atoms with Gasteiger partial charge in [0.1, 0.15) is 5.82 Å². The smallest absolute Gasteiger partial charge is 0.260 e. The lowest BCUT2D eigenvalue weighted by Gasteiger charge is -2.24. The van der Waals surface area contributed by atoms with Gasteiger partial charge in [-0.25, -0.2) is 4.39 Å². The normalized spacial score (nSPS) is 13.5. The molecule has 0 fully saturated rings. The van der Waals surface area contributed by atoms with Crippen molar-refractivity contribution in [1.82, 2.24) is 0 Å². The minimum absolute atomic E-state index is 0.0398. The highest BCUT2D eigenvalue weighted by Gasteiger charge is 2.34. The average molecular weight is 309 g/mol. The van der Waals surface area contributed by atoms with E-state index in [1.807, 2.05) is 30.3 Å². The van der Waals surface area contributed by atoms with E-state index in [1.54, 1.807) is 18.2 Å². The molecule has 0 saturated heterocycles. The number of carbonyl (C=O) groups is 1. The Morgan fingerprint density at radius 1 is 1.00 bits per heavy atom. The lowest BCUT2D eigenvalue weighted by atomic mass is 9.90. The Kier molecular flexibility index (Phi) is 3.84. The van der Waals surface area contributed by atoms with Gasteiger partial charge in [-0.2, -0.15) is 0 Å². The van der Waals surface area contributed by atoms with Crippen LogP contribution in [0, 0.1) is 5.82 Å². The number of hydrogen-bond acceptors (Lipinski definition) is 2. The Labute approximate surface area is 133 Å². The van der Waals surface area contributed by atoms with Gasteiger partial charge < -0.3 is 10.4 Å². The van der Waals surface area contributed by atoms with E-state index in [1.165, 1.54) is 25.1 Å². The second-order valence-corrected chi connectivity index (χ2v) is 5.53. The number of amides is 1. The van der Waals surface area contributed by atoms with Crippen LogP contribution in [0.3, 0.4) is 0 Å². The van der Waals surface area contributed by atoms with Crippen molar-refractivity contribution in [2.75, 3.05) is 5.32 Å². The molecule has 4 heteroatoms. The number of anilines is 1. The van der Waals surface area contributed by atoms with Crippen LogP contribution in [0.2, 0.25) is 0 Å². The molecule has 1 amide bonds. The molecule has 0 saturated carbocycles. The summed E-state index contributed by atoms with van der Waals surface area (Å²) in [5.41, 5.74) is -1.27. The first-order chi connectivity index (χ1) is 11.0. The van der Waals surface area contributed by atoms with Crippen molar-refractivity contribution in [1.29, 1.82) is 0 Å². The summed E-state index contributed by atoms with van der Waals surface area (Å²) in [6.45, 7) is 1.41. The maximum absolute atomic E-state index is 13.7. The summed E-state index contributed by atoms with van der Waals surface area (Å²) in [6.07, 6.45) is 0. The number of hydrogen-bond donors (Lipinski definition) is 2. The maximum atomic E-state index is 13.7. The molecule has 0 aliphatic rings. The number of halogens is 1. The molecule has 0 heterocycles. The fraction of sp³-hybridized carbons (Fsp3) is 0.105. The van der Waals surface area contributed by atoms with E-state index < -0.39 is 17.3 Å². The van der Waals surface area contributed by atoms with Gasteiger partial charge in [-0.15, -0.1) is 0 Å². The average Bonchev–Trinajstić information content (AvgIpc) is 2.56. The van der Waals surface area contributed by atoms with Gasteiger partial charge in [0, 0.05) is 5.56 Å². The van der Waals surface area contributed by atoms with E-state index in [0.717, 1.165) is 10.8 Å². The number of benzene rings is 3. The highest BCUT2D eigenvalue weighted by molar-refractivity contribution is 6.01. The molecule has 3 aromatic rings. The summed E-state index contributed by atoms with van der Waals surface area (Å²) in [6, 6.07) is 18.7. The molecule has 2 N–H and O–H groups in total. The highest BCUT2D eigenvalue weighted by atomic mass is 19.1. The second kappa shape index (κ2) is 5.82. The van der Waals surface area contributed by atoms with Gasteiger partial charge >= 0.3 is 0 Å². The quantitative estimate of drug-likeness (QED) is 0.772. The summed E-state index contributed by atoms with van der Waals surface area (Å²) in [4.78, 5) is 12.5. The van der Waals surface area contributed by atoms with Crippen LogP contribution in [0.1, 0.15) is 12.5 Å². The fourth-order valence-corrected chi connectivity index (χ4v) is 2.58. The van der Waals surface area contributed by atoms with Crippen LogP contribution in [0.15, 0.2) is 66.7 Å². The second-order valence-electron chi connectivity index (χ2n) is 5.53. The molecular weight excluding hydrogens is 293 g/mol. The number of para-hydroxylation sites is 1. The Hall–Kier alpha value is -2.72. The Morgan fingerprint density at radius 3 is 2.43 bits per heavy atom. The molecule has 3 aromatic carbocycles. The molecule has 0 bridgehead atoms. The Bertz CT molecular complexity index is 869. The van der Waals surface area contributed by atoms with Crippen LogP contribution in [0.5, 0.6) is 0 Å². The molecule has 3 nitrogen and oxygen atoms in total. The standard InChI is InChI=1S/C19H16FNO2/c1-19(23,18(22)21-17-12-5-4-11-16(17)20)15-10-6-8-13-7-2-3-9-14(13)15/h2-12,23H,1H3,(H,21,22). The predicted molar refractivity (Wildman–Crippen MR) is 88.5 cm³/mol. The van der Waals surface area contributed by atoms with E-state index in [9.17, 15) is 14.3 Å². The zero-order chi connectivity index (χ0) is 16.4. The third-order valence-corrected chi connectivity index (χ3v) is 3.88. The summed E-state index contributed by atoms with van der Waals surface area (Å²) in [5.74, 6) is -1.23. The SMILES string of the molecule is CC(O)(C(=O)Nc1ccccc1F)c1cccc2ccccc12. The van der Waals surface area contributed by atoms with Crippen LogP contribution in [-0.2, 0) is 10.4 Å². The Morgan fingerprint density at radius 2 is 1.65 bits per heavy atom. The third kappa shape index (κ3) is 2.81. The maximum Gasteiger partial charge on any atom is 0.260 e. The van der Waals surface area contributed by atoms with E-state index >= 15 is 0 Å². The number of rotatable bonds is 3. The zero-order valence-electron chi connectivity index (χ0n) is 12.6. The zero-order valence-corrected chi connectivity index (χ0v) is 12.6. The molecule has 116 valence electrons. The topological polar surface area (TPSA) is 49.3 Å². The predicted octanol–water partition coefficient (Wildman–Crippen LogP) is 3.83. The van der Waals surface area contributed by atoms with Crippen molar-refractivity contribution in [3.05, 3.63) is 78.1 Å². The first-order valence-corrected chi connectivity index (χ1v) is 7.27. The minimum Gasteiger partial charge on any atom is -0.375 e. The van der Waals surface area contributed by atoms with Gasteiger partial charge in [0.2, 0.25) is 0 Å². The number of nitrogens with one attached hydrogen (secondary N) is 1. The first-order valence-electron chi connectivity index (χ1n) is 7.27. The van der Waals surface area contributed by atoms with E-state index in [4.69, 9.17) is 0 Å². The van der Waals surface area contributed by atoms with Crippen LogP contribution >= 0.6 is 0 Å². The highest BCUT2D eigenvalue weighted by Crippen LogP contribution is 2.30. The summed E-state index contributed by atoms with van der Waals surface area (Å²) < 4.78 is 13.7. The van der Waals surface area contributed by atoms with Crippen LogP contribution in [0.25, 0.3) is 10.8 Å². The molecule has 0 radical (unpaired) electrons. The van der Waals surface area contributed by atoms with Crippen molar-refractivity contribution in [3.8, 4) is 0 Å². The van der Waals surface area contributed by atoms with Gasteiger partial charge in [-0.05, 0) is 29.8 Å². The molecule has 0 aliphatic heterocycles. The number of aliphatic hydroxyl groups is 1. The van der Waals surface area contributed by atoms with Gasteiger partial charge in [0.15, 0.2) is 5.60 Å². The molecule has 0 aliphatic carbocycles. The fourth-order valence-electron chi connectivity index (χ4n) is 2.58. The molecule has 0 spiro atoms. The van der Waals surface area contributed by atoms with Crippen LogP contribution in [0.4, 0.5) is 10.1 Å². The van der Waals surface area contributed by atoms with Crippen molar-refractivity contribution in [2.45, 2.75) is 12.5 Å². The van der Waals surface area contributed by atoms with Crippen molar-refractivity contribution < 1.29 is 14.3 Å². The molecule has 1 unspecified atom stereocenters. The lowest BCUT2D eigenvalue weighted by molar-refractivity contribution is -0.133. The number of fused-ring (bicyclic) bond motifs is 1. The van der Waals surface area contributed by atoms with Gasteiger partial charge in [-0.1, -0.05) is 54.6 Å². The van der Waals surface area contributed by atoms with Gasteiger partial charge in [0.05, 0.1) is 5.69 Å². The van der Waals surface area contributed by atoms with Crippen LogP contribution < -0.4 is 5.32 Å². The van der Waals surface area contributed by atoms with Gasteiger partial charge in [-0.3, -0.25) is 4.79 Å². The molecule has 0 aromatic heterocycles.